The number of amides is 5. The Labute approximate surface area is 331 Å². The van der Waals surface area contributed by atoms with Crippen molar-refractivity contribution in [3.8, 4) is 11.8 Å². The van der Waals surface area contributed by atoms with Crippen molar-refractivity contribution < 1.29 is 28.7 Å². The van der Waals surface area contributed by atoms with Crippen molar-refractivity contribution in [2.45, 2.75) is 65.1 Å². The minimum atomic E-state index is -1.000. The zero-order valence-electron chi connectivity index (χ0n) is 32.0. The van der Waals surface area contributed by atoms with Gasteiger partial charge in [0.15, 0.2) is 0 Å². The summed E-state index contributed by atoms with van der Waals surface area (Å²) in [4.78, 5) is 69.7. The predicted octanol–water partition coefficient (Wildman–Crippen LogP) is 4.85. The second kappa shape index (κ2) is 15.2. The van der Waals surface area contributed by atoms with E-state index < -0.39 is 29.7 Å². The van der Waals surface area contributed by atoms with Crippen molar-refractivity contribution >= 4 is 52.5 Å². The van der Waals surface area contributed by atoms with Gasteiger partial charge in [-0.05, 0) is 67.9 Å². The molecule has 1 unspecified atom stereocenters. The molecule has 2 saturated heterocycles. The van der Waals surface area contributed by atoms with Gasteiger partial charge in [0, 0.05) is 79.0 Å². The maximum atomic E-state index is 13.5. The lowest BCUT2D eigenvalue weighted by Gasteiger charge is -2.63. The summed E-state index contributed by atoms with van der Waals surface area (Å²) in [5, 5.41) is 18.4. The van der Waals surface area contributed by atoms with Crippen LogP contribution in [-0.4, -0.2) is 96.8 Å². The first kappa shape index (κ1) is 38.8. The second-order valence-corrected chi connectivity index (χ2v) is 16.5. The summed E-state index contributed by atoms with van der Waals surface area (Å²) in [5.41, 5.74) is 2.40. The molecule has 0 radical (unpaired) electrons. The zero-order chi connectivity index (χ0) is 39.9. The van der Waals surface area contributed by atoms with E-state index in [1.807, 2.05) is 24.3 Å². The number of rotatable bonds is 11. The molecule has 1 atom stereocenters. The summed E-state index contributed by atoms with van der Waals surface area (Å²) in [7, 11) is 0. The number of anilines is 2. The Balaban J connectivity index is 0.863. The minimum Gasteiger partial charge on any atom is -0.489 e. The molecule has 3 aromatic rings. The first-order valence-corrected chi connectivity index (χ1v) is 19.4. The molecule has 7 rings (SSSR count). The Kier molecular flexibility index (Phi) is 10.6. The molecule has 0 aromatic heterocycles. The fraction of sp³-hybridized carbons (Fsp3) is 0.429. The third-order valence-electron chi connectivity index (χ3n) is 11.7. The van der Waals surface area contributed by atoms with Crippen molar-refractivity contribution in [2.24, 2.45) is 10.8 Å². The van der Waals surface area contributed by atoms with Crippen LogP contribution in [0.5, 0.6) is 5.75 Å². The van der Waals surface area contributed by atoms with Gasteiger partial charge in [0.25, 0.3) is 17.7 Å². The van der Waals surface area contributed by atoms with E-state index in [-0.39, 0.29) is 52.9 Å². The van der Waals surface area contributed by atoms with E-state index in [2.05, 4.69) is 59.5 Å². The molecule has 4 aliphatic rings. The Bertz CT molecular complexity index is 2110. The summed E-state index contributed by atoms with van der Waals surface area (Å²) in [5.74, 6) is -1.62. The van der Waals surface area contributed by atoms with E-state index in [0.29, 0.717) is 34.1 Å². The van der Waals surface area contributed by atoms with Gasteiger partial charge in [-0.15, -0.1) is 0 Å². The Morgan fingerprint density at radius 2 is 1.68 bits per heavy atom. The van der Waals surface area contributed by atoms with Crippen LogP contribution >= 0.6 is 11.6 Å². The van der Waals surface area contributed by atoms with Crippen LogP contribution < -0.4 is 25.6 Å². The SMILES string of the molecule is CC1(C)[C@H](NC(=O)c2ccc(N3CCN(CCCNc4cccc5c4C(=O)N(C4CCC(=O)NC4=O)C5=O)CC3)cc2)C(C)(C)[C@H]1Oc1ccc(C#N)c(Cl)c1. The largest absolute Gasteiger partial charge is 0.489 e. The van der Waals surface area contributed by atoms with Crippen LogP contribution in [0.25, 0.3) is 0 Å². The van der Waals surface area contributed by atoms with Crippen molar-refractivity contribution in [1.82, 2.24) is 20.4 Å². The molecule has 14 heteroatoms. The monoisotopic (exact) mass is 779 g/mol. The molecule has 0 spiro atoms. The van der Waals surface area contributed by atoms with Crippen molar-refractivity contribution in [2.75, 3.05) is 49.5 Å². The highest BCUT2D eigenvalue weighted by Gasteiger charge is 2.64. The first-order valence-electron chi connectivity index (χ1n) is 19.0. The quantitative estimate of drug-likeness (QED) is 0.181. The topological polar surface area (TPSA) is 164 Å². The smallest absolute Gasteiger partial charge is 0.264 e. The minimum absolute atomic E-state index is 0.0748. The van der Waals surface area contributed by atoms with Gasteiger partial charge in [-0.25, -0.2) is 0 Å². The Morgan fingerprint density at radius 1 is 0.964 bits per heavy atom. The molecule has 3 fully saturated rings. The number of hydrogen-bond acceptors (Lipinski definition) is 10. The molecule has 3 N–H and O–H groups in total. The van der Waals surface area contributed by atoms with Gasteiger partial charge in [0.1, 0.15) is 24.0 Å². The number of nitriles is 1. The highest BCUT2D eigenvalue weighted by Crippen LogP contribution is 2.55. The number of nitrogens with zero attached hydrogens (tertiary/aromatic N) is 4. The molecule has 56 heavy (non-hydrogen) atoms. The highest BCUT2D eigenvalue weighted by molar-refractivity contribution is 6.31. The lowest BCUT2D eigenvalue weighted by atomic mass is 9.49. The van der Waals surface area contributed by atoms with Gasteiger partial charge in [-0.2, -0.15) is 5.26 Å². The van der Waals surface area contributed by atoms with Gasteiger partial charge < -0.3 is 20.3 Å². The maximum Gasteiger partial charge on any atom is 0.264 e. The second-order valence-electron chi connectivity index (χ2n) is 16.1. The number of carbonyl (C=O) groups is 5. The highest BCUT2D eigenvalue weighted by atomic mass is 35.5. The standard InChI is InChI=1S/C42H46ClN7O6/c1-41(2)39(42(3,4)40(41)56-28-14-11-26(24-44)30(43)23-28)47-35(52)25-9-12-27(13-10-25)49-21-19-48(20-22-49)18-6-17-45-31-8-5-7-29-34(31)38(55)50(37(29)54)32-15-16-33(51)46-36(32)53/h5,7-14,23,32,39-40,45H,6,15-22H2,1-4H3,(H,47,52)(H,46,51,53)/t32?,39-,40-. The van der Waals surface area contributed by atoms with Gasteiger partial charge in [0.2, 0.25) is 11.8 Å². The molecular formula is C42H46ClN7O6. The third-order valence-corrected chi connectivity index (χ3v) is 12.0. The van der Waals surface area contributed by atoms with Crippen molar-refractivity contribution in [1.29, 1.82) is 5.26 Å². The number of ether oxygens (including phenoxy) is 1. The summed E-state index contributed by atoms with van der Waals surface area (Å²) < 4.78 is 6.36. The number of hydrogen-bond donors (Lipinski definition) is 3. The van der Waals surface area contributed by atoms with E-state index >= 15 is 0 Å². The number of halogens is 1. The van der Waals surface area contributed by atoms with Crippen molar-refractivity contribution in [3.63, 3.8) is 0 Å². The molecule has 0 bridgehead atoms. The van der Waals surface area contributed by atoms with Gasteiger partial charge >= 0.3 is 0 Å². The third kappa shape index (κ3) is 7.19. The average Bonchev–Trinajstić information content (AvgIpc) is 3.43. The summed E-state index contributed by atoms with van der Waals surface area (Å²) in [6.45, 7) is 13.2. The number of piperazine rings is 1. The first-order chi connectivity index (χ1) is 26.7. The molecule has 1 aliphatic carbocycles. The molecule has 5 amide bonds. The van der Waals surface area contributed by atoms with E-state index in [9.17, 15) is 29.2 Å². The van der Waals surface area contributed by atoms with Crippen LogP contribution in [0.4, 0.5) is 11.4 Å². The average molecular weight is 780 g/mol. The number of piperidine rings is 1. The fourth-order valence-corrected chi connectivity index (χ4v) is 9.26. The molecule has 3 aliphatic heterocycles. The Hall–Kier alpha value is -5.45. The van der Waals surface area contributed by atoms with Crippen LogP contribution in [0.3, 0.4) is 0 Å². The lowest BCUT2D eigenvalue weighted by molar-refractivity contribution is -0.164. The van der Waals surface area contributed by atoms with Crippen LogP contribution in [0.15, 0.2) is 60.7 Å². The molecule has 13 nitrogen and oxygen atoms in total. The van der Waals surface area contributed by atoms with Crippen LogP contribution in [0, 0.1) is 22.2 Å². The number of nitrogens with one attached hydrogen (secondary N) is 3. The maximum absolute atomic E-state index is 13.5. The van der Waals surface area contributed by atoms with Crippen molar-refractivity contribution in [3.05, 3.63) is 87.9 Å². The van der Waals surface area contributed by atoms with Gasteiger partial charge in [-0.3, -0.25) is 39.1 Å². The fourth-order valence-electron chi connectivity index (χ4n) is 9.05. The van der Waals surface area contributed by atoms with Crippen LogP contribution in [-0.2, 0) is 9.59 Å². The number of benzene rings is 3. The number of imide groups is 2. The predicted molar refractivity (Wildman–Crippen MR) is 211 cm³/mol. The van der Waals surface area contributed by atoms with E-state index in [1.165, 1.54) is 0 Å². The van der Waals surface area contributed by atoms with E-state index in [4.69, 9.17) is 16.3 Å². The molecule has 292 valence electrons. The van der Waals surface area contributed by atoms with Crippen LogP contribution in [0.1, 0.15) is 83.6 Å². The molecule has 3 aromatic carbocycles. The van der Waals surface area contributed by atoms with Gasteiger partial charge in [0.05, 0.1) is 21.7 Å². The van der Waals surface area contributed by atoms with E-state index in [1.54, 1.807) is 36.4 Å². The summed E-state index contributed by atoms with van der Waals surface area (Å²) in [6, 6.07) is 18.8. The summed E-state index contributed by atoms with van der Waals surface area (Å²) >= 11 is 6.24. The number of carbonyl (C=O) groups excluding carboxylic acids is 5. The normalized spacial score (nSPS) is 22.8. The van der Waals surface area contributed by atoms with E-state index in [0.717, 1.165) is 49.7 Å². The zero-order valence-corrected chi connectivity index (χ0v) is 32.7. The van der Waals surface area contributed by atoms with Crippen LogP contribution in [0.2, 0.25) is 5.02 Å². The summed E-state index contributed by atoms with van der Waals surface area (Å²) in [6.07, 6.45) is 0.817. The molecule has 3 heterocycles. The lowest BCUT2D eigenvalue weighted by Crippen LogP contribution is -2.74. The molecule has 1 saturated carbocycles. The Morgan fingerprint density at radius 3 is 2.34 bits per heavy atom. The molecular weight excluding hydrogens is 734 g/mol. The van der Waals surface area contributed by atoms with Gasteiger partial charge in [-0.1, -0.05) is 45.4 Å². The number of fused-ring (bicyclic) bond motifs is 1.